The van der Waals surface area contributed by atoms with Crippen molar-refractivity contribution in [3.8, 4) is 5.69 Å². The molecule has 2 heterocycles. The van der Waals surface area contributed by atoms with Crippen LogP contribution in [0.5, 0.6) is 0 Å². The summed E-state index contributed by atoms with van der Waals surface area (Å²) in [6.45, 7) is 10.6. The second kappa shape index (κ2) is 13.3. The minimum atomic E-state index is -1.07. The molecule has 2 atom stereocenters. The molecule has 0 aliphatic carbocycles. The molecule has 2 amide bonds. The molecular weight excluding hydrogens is 468 g/mol. The Labute approximate surface area is 210 Å². The molecule has 36 heavy (non-hydrogen) atoms. The minimum Gasteiger partial charge on any atom is -0.466 e. The van der Waals surface area contributed by atoms with E-state index in [1.807, 2.05) is 0 Å². The largest absolute Gasteiger partial charge is 0.466 e. The molecule has 12 heteroatoms. The van der Waals surface area contributed by atoms with Gasteiger partial charge < -0.3 is 20.1 Å². The quantitative estimate of drug-likeness (QED) is 0.410. The number of esters is 2. The average molecular weight is 503 g/mol. The number of nitrogens with one attached hydrogen (secondary N) is 2. The summed E-state index contributed by atoms with van der Waals surface area (Å²) in [6, 6.07) is -2.02. The lowest BCUT2D eigenvalue weighted by molar-refractivity contribution is -0.149. The van der Waals surface area contributed by atoms with Crippen LogP contribution in [0.3, 0.4) is 0 Å². The molecule has 0 bridgehead atoms. The molecule has 0 fully saturated rings. The molecular formula is C24H34N6O6. The molecule has 0 saturated heterocycles. The Morgan fingerprint density at radius 2 is 1.64 bits per heavy atom. The van der Waals surface area contributed by atoms with Gasteiger partial charge in [0.2, 0.25) is 5.91 Å². The van der Waals surface area contributed by atoms with Crippen LogP contribution in [0, 0.1) is 19.8 Å². The molecule has 2 aromatic heterocycles. The Kier molecular flexibility index (Phi) is 10.5. The van der Waals surface area contributed by atoms with Crippen molar-refractivity contribution in [3.63, 3.8) is 0 Å². The highest BCUT2D eigenvalue weighted by molar-refractivity contribution is 6.00. The Morgan fingerprint density at radius 1 is 1.00 bits per heavy atom. The zero-order chi connectivity index (χ0) is 26.8. The minimum absolute atomic E-state index is 0.00625. The maximum atomic E-state index is 13.2. The lowest BCUT2D eigenvalue weighted by Crippen LogP contribution is -2.54. The van der Waals surface area contributed by atoms with Crippen molar-refractivity contribution in [3.05, 3.63) is 35.7 Å². The normalized spacial score (nSPS) is 12.5. The molecule has 0 aliphatic heterocycles. The highest BCUT2D eigenvalue weighted by atomic mass is 16.5. The van der Waals surface area contributed by atoms with E-state index in [0.29, 0.717) is 22.6 Å². The molecule has 12 nitrogen and oxygen atoms in total. The van der Waals surface area contributed by atoms with Crippen molar-refractivity contribution in [2.75, 3.05) is 13.2 Å². The Bertz CT molecular complexity index is 1070. The Balaban J connectivity index is 2.20. The van der Waals surface area contributed by atoms with Gasteiger partial charge in [0.15, 0.2) is 0 Å². The summed E-state index contributed by atoms with van der Waals surface area (Å²) in [7, 11) is 0. The van der Waals surface area contributed by atoms with Crippen molar-refractivity contribution < 1.29 is 28.7 Å². The summed E-state index contributed by atoms with van der Waals surface area (Å²) in [5.74, 6) is -2.51. The maximum absolute atomic E-state index is 13.2. The van der Waals surface area contributed by atoms with Crippen LogP contribution < -0.4 is 10.6 Å². The van der Waals surface area contributed by atoms with E-state index in [9.17, 15) is 19.2 Å². The van der Waals surface area contributed by atoms with Crippen LogP contribution in [-0.4, -0.2) is 68.8 Å². The fourth-order valence-electron chi connectivity index (χ4n) is 3.62. The number of hydrogen-bond donors (Lipinski definition) is 2. The molecule has 0 spiro atoms. The SMILES string of the molecule is CCOC(=O)CC[C@@H](NC(=O)[C@@H](NC(=O)c1c(C)nn(-c2cncnc2)c1C)C(C)C)C(=O)OCC. The first-order valence-electron chi connectivity index (χ1n) is 11.9. The molecule has 0 aliphatic rings. The third-order valence-corrected chi connectivity index (χ3v) is 5.38. The Hall–Kier alpha value is -3.83. The van der Waals surface area contributed by atoms with E-state index in [2.05, 4.69) is 25.7 Å². The van der Waals surface area contributed by atoms with Gasteiger partial charge in [-0.1, -0.05) is 13.8 Å². The van der Waals surface area contributed by atoms with Crippen LogP contribution in [0.25, 0.3) is 5.69 Å². The number of carbonyl (C=O) groups is 4. The van der Waals surface area contributed by atoms with E-state index in [1.54, 1.807) is 58.6 Å². The third kappa shape index (κ3) is 7.33. The van der Waals surface area contributed by atoms with Crippen LogP contribution in [-0.2, 0) is 23.9 Å². The molecule has 0 saturated carbocycles. The van der Waals surface area contributed by atoms with Gasteiger partial charge in [-0.15, -0.1) is 0 Å². The lowest BCUT2D eigenvalue weighted by Gasteiger charge is -2.25. The number of ether oxygens (including phenoxy) is 2. The third-order valence-electron chi connectivity index (χ3n) is 5.38. The van der Waals surface area contributed by atoms with Crippen molar-refractivity contribution in [2.24, 2.45) is 5.92 Å². The standard InChI is InChI=1S/C24H34N6O6/c1-7-35-19(31)10-9-18(24(34)36-8-2)27-23(33)21(14(3)4)28-22(32)20-15(5)29-30(16(20)6)17-11-25-13-26-12-17/h11-14,18,21H,7-10H2,1-6H3,(H,27,33)(H,28,32)/t18-,21+/m1/s1. The summed E-state index contributed by atoms with van der Waals surface area (Å²) in [6.07, 6.45) is 4.48. The number of amides is 2. The first-order valence-corrected chi connectivity index (χ1v) is 11.9. The van der Waals surface area contributed by atoms with Gasteiger partial charge in [-0.25, -0.2) is 19.4 Å². The summed E-state index contributed by atoms with van der Waals surface area (Å²) < 4.78 is 11.5. The molecule has 2 N–H and O–H groups in total. The molecule has 196 valence electrons. The van der Waals surface area contributed by atoms with Gasteiger partial charge in [0.1, 0.15) is 24.1 Å². The monoisotopic (exact) mass is 502 g/mol. The second-order valence-electron chi connectivity index (χ2n) is 8.41. The fourth-order valence-corrected chi connectivity index (χ4v) is 3.62. The lowest BCUT2D eigenvalue weighted by atomic mass is 10.0. The van der Waals surface area contributed by atoms with Crippen LogP contribution in [0.2, 0.25) is 0 Å². The molecule has 2 aromatic rings. The average Bonchev–Trinajstić information content (AvgIpc) is 3.14. The van der Waals surface area contributed by atoms with Gasteiger partial charge in [-0.3, -0.25) is 14.4 Å². The van der Waals surface area contributed by atoms with Gasteiger partial charge >= 0.3 is 11.9 Å². The van der Waals surface area contributed by atoms with Gasteiger partial charge in [-0.2, -0.15) is 5.10 Å². The fraction of sp³-hybridized carbons (Fsp3) is 0.542. The zero-order valence-corrected chi connectivity index (χ0v) is 21.5. The maximum Gasteiger partial charge on any atom is 0.328 e. The van der Waals surface area contributed by atoms with E-state index in [-0.39, 0.29) is 32.0 Å². The van der Waals surface area contributed by atoms with Gasteiger partial charge in [0.25, 0.3) is 5.91 Å². The second-order valence-corrected chi connectivity index (χ2v) is 8.41. The summed E-state index contributed by atoms with van der Waals surface area (Å²) in [5.41, 5.74) is 1.94. The zero-order valence-electron chi connectivity index (χ0n) is 21.5. The van der Waals surface area contributed by atoms with Gasteiger partial charge in [0, 0.05) is 6.42 Å². The first-order chi connectivity index (χ1) is 17.1. The number of aromatic nitrogens is 4. The molecule has 2 rings (SSSR count). The smallest absolute Gasteiger partial charge is 0.328 e. The molecule has 0 aromatic carbocycles. The number of aryl methyl sites for hydroxylation is 1. The predicted molar refractivity (Wildman–Crippen MR) is 129 cm³/mol. The summed E-state index contributed by atoms with van der Waals surface area (Å²) >= 11 is 0. The number of hydrogen-bond acceptors (Lipinski definition) is 9. The van der Waals surface area contributed by atoms with Crippen molar-refractivity contribution in [1.29, 1.82) is 0 Å². The van der Waals surface area contributed by atoms with E-state index in [4.69, 9.17) is 9.47 Å². The van der Waals surface area contributed by atoms with Crippen LogP contribution in [0.15, 0.2) is 18.7 Å². The summed E-state index contributed by atoms with van der Waals surface area (Å²) in [4.78, 5) is 58.5. The van der Waals surface area contributed by atoms with Crippen molar-refractivity contribution in [2.45, 2.75) is 66.5 Å². The Morgan fingerprint density at radius 3 is 2.22 bits per heavy atom. The van der Waals surface area contributed by atoms with Crippen LogP contribution >= 0.6 is 0 Å². The molecule has 0 unspecified atom stereocenters. The first kappa shape index (κ1) is 28.4. The van der Waals surface area contributed by atoms with Crippen LogP contribution in [0.4, 0.5) is 0 Å². The number of rotatable bonds is 12. The van der Waals surface area contributed by atoms with E-state index < -0.39 is 35.8 Å². The number of carbonyl (C=O) groups excluding carboxylic acids is 4. The van der Waals surface area contributed by atoms with Gasteiger partial charge in [-0.05, 0) is 40.0 Å². The number of nitrogens with zero attached hydrogens (tertiary/aromatic N) is 4. The molecule has 0 radical (unpaired) electrons. The highest BCUT2D eigenvalue weighted by Crippen LogP contribution is 2.18. The predicted octanol–water partition coefficient (Wildman–Crippen LogP) is 1.42. The van der Waals surface area contributed by atoms with Crippen molar-refractivity contribution >= 4 is 23.8 Å². The van der Waals surface area contributed by atoms with E-state index >= 15 is 0 Å². The topological polar surface area (TPSA) is 154 Å². The van der Waals surface area contributed by atoms with Gasteiger partial charge in [0.05, 0.1) is 42.6 Å². The summed E-state index contributed by atoms with van der Waals surface area (Å²) in [5, 5.41) is 9.80. The van der Waals surface area contributed by atoms with E-state index in [0.717, 1.165) is 0 Å². The van der Waals surface area contributed by atoms with E-state index in [1.165, 1.54) is 6.33 Å². The highest BCUT2D eigenvalue weighted by Gasteiger charge is 2.31. The van der Waals surface area contributed by atoms with Crippen LogP contribution in [0.1, 0.15) is 62.3 Å². The van der Waals surface area contributed by atoms with Crippen molar-refractivity contribution in [1.82, 2.24) is 30.4 Å².